The van der Waals surface area contributed by atoms with Gasteiger partial charge in [0, 0.05) is 37.6 Å². The second kappa shape index (κ2) is 7.03. The normalized spacial score (nSPS) is 21.2. The minimum Gasteiger partial charge on any atom is -0.390 e. The van der Waals surface area contributed by atoms with E-state index in [0.29, 0.717) is 6.54 Å². The number of anilines is 2. The van der Waals surface area contributed by atoms with Crippen LogP contribution in [0.25, 0.3) is 5.52 Å². The van der Waals surface area contributed by atoms with Crippen LogP contribution in [-0.2, 0) is 6.54 Å². The zero-order valence-electron chi connectivity index (χ0n) is 14.8. The Balaban J connectivity index is 1.61. The summed E-state index contributed by atoms with van der Waals surface area (Å²) in [6, 6.07) is 10.2. The fourth-order valence-electron chi connectivity index (χ4n) is 3.41. The summed E-state index contributed by atoms with van der Waals surface area (Å²) in [7, 11) is 0. The molecule has 2 aromatic heterocycles. The molecule has 1 aliphatic rings. The van der Waals surface area contributed by atoms with Gasteiger partial charge in [0.2, 0.25) is 0 Å². The van der Waals surface area contributed by atoms with Crippen LogP contribution < -0.4 is 11.1 Å². The summed E-state index contributed by atoms with van der Waals surface area (Å²) in [6.45, 7) is 4.27. The molecular weight excluding hydrogens is 328 g/mol. The van der Waals surface area contributed by atoms with Crippen molar-refractivity contribution in [3.05, 3.63) is 54.0 Å². The van der Waals surface area contributed by atoms with E-state index in [1.165, 1.54) is 5.56 Å². The van der Waals surface area contributed by atoms with E-state index < -0.39 is 6.10 Å². The van der Waals surface area contributed by atoms with Crippen LogP contribution in [0.2, 0.25) is 0 Å². The predicted molar refractivity (Wildman–Crippen MR) is 101 cm³/mol. The molecule has 4 rings (SSSR count). The first-order valence-corrected chi connectivity index (χ1v) is 8.91. The summed E-state index contributed by atoms with van der Waals surface area (Å²) in [4.78, 5) is 6.67. The van der Waals surface area contributed by atoms with Crippen molar-refractivity contribution in [2.45, 2.75) is 32.0 Å². The van der Waals surface area contributed by atoms with Gasteiger partial charge >= 0.3 is 0 Å². The number of benzene rings is 1. The number of hydrogen-bond donors (Lipinski definition) is 3. The third kappa shape index (κ3) is 3.41. The zero-order valence-corrected chi connectivity index (χ0v) is 14.8. The smallest absolute Gasteiger partial charge is 0.158 e. The lowest BCUT2D eigenvalue weighted by molar-refractivity contribution is 0.0501. The molecule has 136 valence electrons. The number of likely N-dealkylation sites (tertiary alicyclic amines) is 1. The summed E-state index contributed by atoms with van der Waals surface area (Å²) in [5.74, 6) is 0.776. The number of piperidine rings is 1. The molecule has 0 spiro atoms. The molecule has 0 saturated carbocycles. The quantitative estimate of drug-likeness (QED) is 0.662. The van der Waals surface area contributed by atoms with Crippen molar-refractivity contribution >= 4 is 17.0 Å². The van der Waals surface area contributed by atoms with E-state index in [4.69, 9.17) is 5.73 Å². The lowest BCUT2D eigenvalue weighted by atomic mass is 10.0. The van der Waals surface area contributed by atoms with E-state index in [1.807, 2.05) is 22.8 Å². The Labute approximate surface area is 152 Å². The van der Waals surface area contributed by atoms with Crippen LogP contribution >= 0.6 is 0 Å². The molecule has 0 bridgehead atoms. The molecule has 3 aromatic rings. The lowest BCUT2D eigenvalue weighted by Crippen LogP contribution is -2.50. The Morgan fingerprint density at radius 2 is 2.08 bits per heavy atom. The van der Waals surface area contributed by atoms with Gasteiger partial charge in [-0.3, -0.25) is 4.90 Å². The van der Waals surface area contributed by atoms with Gasteiger partial charge in [-0.2, -0.15) is 5.10 Å². The minimum atomic E-state index is -0.473. The third-order valence-electron chi connectivity index (χ3n) is 4.96. The van der Waals surface area contributed by atoms with Gasteiger partial charge in [-0.1, -0.05) is 17.7 Å². The van der Waals surface area contributed by atoms with Gasteiger partial charge < -0.3 is 16.2 Å². The summed E-state index contributed by atoms with van der Waals surface area (Å²) in [6.07, 6.45) is 3.83. The Bertz CT molecular complexity index is 891. The van der Waals surface area contributed by atoms with Crippen molar-refractivity contribution in [1.82, 2.24) is 19.5 Å². The molecule has 7 heteroatoms. The third-order valence-corrected chi connectivity index (χ3v) is 4.96. The fourth-order valence-corrected chi connectivity index (χ4v) is 3.41. The van der Waals surface area contributed by atoms with Crippen LogP contribution in [0.5, 0.6) is 0 Å². The second-order valence-corrected chi connectivity index (χ2v) is 6.99. The highest BCUT2D eigenvalue weighted by atomic mass is 16.3. The topological polar surface area (TPSA) is 91.7 Å². The predicted octanol–water partition coefficient (Wildman–Crippen LogP) is 1.68. The average molecular weight is 352 g/mol. The number of nitrogens with one attached hydrogen (secondary N) is 1. The number of β-amino-alcohol motifs (C(OH)–C–C–N with tert-alkyl or cyclic N) is 1. The summed E-state index contributed by atoms with van der Waals surface area (Å²) in [5, 5.41) is 17.8. The van der Waals surface area contributed by atoms with E-state index in [1.54, 1.807) is 6.33 Å². The fraction of sp³-hybridized carbons (Fsp3) is 0.368. The van der Waals surface area contributed by atoms with Crippen molar-refractivity contribution in [2.75, 3.05) is 18.4 Å². The Morgan fingerprint density at radius 1 is 1.27 bits per heavy atom. The molecule has 0 unspecified atom stereocenters. The van der Waals surface area contributed by atoms with Crippen LogP contribution in [0.4, 0.5) is 11.5 Å². The zero-order chi connectivity index (χ0) is 18.1. The molecule has 7 nitrogen and oxygen atoms in total. The number of nitrogens with two attached hydrogens (primary N) is 1. The SMILES string of the molecule is Cc1ccc(Nc2ncnn3ccc(CN4CC[C@@H](N)[C@H](O)C4)c23)cc1. The van der Waals surface area contributed by atoms with Crippen LogP contribution in [-0.4, -0.2) is 49.8 Å². The van der Waals surface area contributed by atoms with Crippen molar-refractivity contribution in [2.24, 2.45) is 5.73 Å². The number of rotatable bonds is 4. The highest BCUT2D eigenvalue weighted by Gasteiger charge is 2.25. The molecule has 1 fully saturated rings. The number of nitrogens with zero attached hydrogens (tertiary/aromatic N) is 4. The molecule has 26 heavy (non-hydrogen) atoms. The maximum atomic E-state index is 10.1. The van der Waals surface area contributed by atoms with Crippen molar-refractivity contribution < 1.29 is 5.11 Å². The van der Waals surface area contributed by atoms with Gasteiger partial charge in [0.05, 0.1) is 6.10 Å². The molecule has 3 heterocycles. The summed E-state index contributed by atoms with van der Waals surface area (Å²) >= 11 is 0. The largest absolute Gasteiger partial charge is 0.390 e. The van der Waals surface area contributed by atoms with Gasteiger partial charge in [0.15, 0.2) is 5.82 Å². The molecule has 1 aromatic carbocycles. The van der Waals surface area contributed by atoms with E-state index in [0.717, 1.165) is 42.1 Å². The Hall–Kier alpha value is -2.48. The van der Waals surface area contributed by atoms with Gasteiger partial charge in [-0.25, -0.2) is 9.50 Å². The van der Waals surface area contributed by atoms with E-state index in [2.05, 4.69) is 45.4 Å². The number of aliphatic hydroxyl groups excluding tert-OH is 1. The number of aromatic nitrogens is 3. The molecule has 1 aliphatic heterocycles. The standard InChI is InChI=1S/C19H24N6O/c1-13-2-4-15(5-3-13)23-19-18-14(6-9-25(18)22-12-21-19)10-24-8-7-16(20)17(26)11-24/h2-6,9,12,16-17,26H,7-8,10-11,20H2,1H3,(H,21,22,23)/t16-,17-/m1/s1. The molecule has 0 aliphatic carbocycles. The highest BCUT2D eigenvalue weighted by molar-refractivity contribution is 5.76. The van der Waals surface area contributed by atoms with E-state index in [-0.39, 0.29) is 6.04 Å². The van der Waals surface area contributed by atoms with Crippen molar-refractivity contribution in [3.8, 4) is 0 Å². The van der Waals surface area contributed by atoms with Gasteiger partial charge in [0.25, 0.3) is 0 Å². The van der Waals surface area contributed by atoms with E-state index >= 15 is 0 Å². The van der Waals surface area contributed by atoms with Gasteiger partial charge in [-0.15, -0.1) is 0 Å². The van der Waals surface area contributed by atoms with Crippen LogP contribution in [0.3, 0.4) is 0 Å². The number of aryl methyl sites for hydroxylation is 1. The number of hydrogen-bond acceptors (Lipinski definition) is 6. The van der Waals surface area contributed by atoms with Gasteiger partial charge in [0.1, 0.15) is 11.8 Å². The first-order chi connectivity index (χ1) is 12.6. The monoisotopic (exact) mass is 352 g/mol. The second-order valence-electron chi connectivity index (χ2n) is 6.99. The first kappa shape index (κ1) is 17.0. The van der Waals surface area contributed by atoms with E-state index in [9.17, 15) is 5.11 Å². The summed E-state index contributed by atoms with van der Waals surface area (Å²) < 4.78 is 1.84. The highest BCUT2D eigenvalue weighted by Crippen LogP contribution is 2.25. The van der Waals surface area contributed by atoms with Crippen LogP contribution in [0.1, 0.15) is 17.5 Å². The van der Waals surface area contributed by atoms with Crippen LogP contribution in [0.15, 0.2) is 42.9 Å². The molecule has 2 atom stereocenters. The van der Waals surface area contributed by atoms with Crippen molar-refractivity contribution in [3.63, 3.8) is 0 Å². The van der Waals surface area contributed by atoms with Gasteiger partial charge in [-0.05, 0) is 37.1 Å². The molecule has 1 saturated heterocycles. The van der Waals surface area contributed by atoms with Crippen LogP contribution in [0, 0.1) is 6.92 Å². The maximum absolute atomic E-state index is 10.1. The number of fused-ring (bicyclic) bond motifs is 1. The molecule has 4 N–H and O–H groups in total. The first-order valence-electron chi connectivity index (χ1n) is 8.91. The lowest BCUT2D eigenvalue weighted by Gasteiger charge is -2.33. The van der Waals surface area contributed by atoms with Crippen molar-refractivity contribution in [1.29, 1.82) is 0 Å². The number of aliphatic hydroxyl groups is 1. The summed E-state index contributed by atoms with van der Waals surface area (Å²) in [5.41, 5.74) is 10.2. The Kier molecular flexibility index (Phi) is 4.58. The molecule has 0 radical (unpaired) electrons. The molecule has 0 amide bonds. The Morgan fingerprint density at radius 3 is 2.85 bits per heavy atom. The minimum absolute atomic E-state index is 0.126. The maximum Gasteiger partial charge on any atom is 0.158 e. The molecular formula is C19H24N6O. The average Bonchev–Trinajstić information content (AvgIpc) is 3.04.